The van der Waals surface area contributed by atoms with Crippen LogP contribution >= 0.6 is 0 Å². The summed E-state index contributed by atoms with van der Waals surface area (Å²) in [5, 5.41) is 0. The summed E-state index contributed by atoms with van der Waals surface area (Å²) in [5.74, 6) is 0. The molecule has 0 unspecified atom stereocenters. The van der Waals surface area contributed by atoms with E-state index >= 15 is 0 Å². The van der Waals surface area contributed by atoms with Crippen LogP contribution in [0.4, 0.5) is 0 Å². The molecule has 0 rings (SSSR count). The Labute approximate surface area is 117 Å². The second-order valence-electron chi connectivity index (χ2n) is 0.816. The van der Waals surface area contributed by atoms with Gasteiger partial charge in [0, 0.05) is 20.8 Å². The van der Waals surface area contributed by atoms with E-state index in [0.29, 0.717) is 0 Å². The van der Waals surface area contributed by atoms with E-state index in [2.05, 4.69) is 0 Å². The fourth-order valence-electron chi connectivity index (χ4n) is 0. The molecule has 0 aromatic heterocycles. The van der Waals surface area contributed by atoms with Gasteiger partial charge in [-0.05, 0) is 0 Å². The Morgan fingerprint density at radius 3 is 0.471 bits per heavy atom. The molecule has 0 spiro atoms. The maximum Gasteiger partial charge on any atom is 2.00 e. The van der Waals surface area contributed by atoms with Gasteiger partial charge in [0.05, 0.1) is 0 Å². The maximum atomic E-state index is 8.52. The van der Waals surface area contributed by atoms with Gasteiger partial charge in [-0.25, -0.2) is 0 Å². The van der Waals surface area contributed by atoms with Crippen molar-refractivity contribution in [2.45, 2.75) is 0 Å². The van der Waals surface area contributed by atoms with Crippen LogP contribution in [0.5, 0.6) is 0 Å². The molecule has 0 amide bonds. The second-order valence-corrected chi connectivity index (χ2v) is 2.45. The van der Waals surface area contributed by atoms with Crippen molar-refractivity contribution in [3.8, 4) is 0 Å². The van der Waals surface area contributed by atoms with Crippen LogP contribution in [0.15, 0.2) is 0 Å². The van der Waals surface area contributed by atoms with Crippen LogP contribution in [0.1, 0.15) is 0 Å². The maximum absolute atomic E-state index is 8.52. The summed E-state index contributed by atoms with van der Waals surface area (Å²) in [6, 6.07) is 0. The van der Waals surface area contributed by atoms with Crippen LogP contribution in [0.2, 0.25) is 0 Å². The molecule has 17 heavy (non-hydrogen) atoms. The van der Waals surface area contributed by atoms with Gasteiger partial charge in [0.1, 0.15) is 0 Å². The molecule has 0 aliphatic rings. The Hall–Kier alpha value is 0.579. The van der Waals surface area contributed by atoms with Crippen LogP contribution in [0, 0.1) is 0 Å². The minimum absolute atomic E-state index is 0. The Morgan fingerprint density at radius 2 is 0.471 bits per heavy atom. The normalized spacial score (nSPS) is 6.82. The molecule has 2 radical (unpaired) electrons. The Morgan fingerprint density at radius 1 is 0.471 bits per heavy atom. The molecule has 0 aromatic carbocycles. The molecule has 0 atom stereocenters. The van der Waals surface area contributed by atoms with E-state index < -0.39 is 20.8 Å². The summed E-state index contributed by atoms with van der Waals surface area (Å²) < 4.78 is 68.2. The van der Waals surface area contributed by atoms with Crippen molar-refractivity contribution >= 4 is 20.8 Å². The van der Waals surface area contributed by atoms with Gasteiger partial charge in [-0.15, -0.1) is 0 Å². The zero-order valence-electron chi connectivity index (χ0n) is 7.19. The third-order valence-corrected chi connectivity index (χ3v) is 0. The van der Waals surface area contributed by atoms with E-state index in [-0.39, 0.29) is 61.5 Å². The van der Waals surface area contributed by atoms with E-state index in [1.54, 1.807) is 0 Å². The summed E-state index contributed by atoms with van der Waals surface area (Å²) >= 11 is 0. The molecule has 0 aliphatic heterocycles. The largest absolute Gasteiger partial charge is 2.00 e. The van der Waals surface area contributed by atoms with Crippen molar-refractivity contribution in [1.82, 2.24) is 0 Å². The first-order chi connectivity index (χ1) is 4.00. The minimum Gasteiger partial charge on any atom is -0.759 e. The standard InChI is InChI=1S/2Cu.2H2O4S.5H2O/c;;2*1-5(2,3)4;;;;;/h;;2*(H2,1,2,3,4);5*1H2/q2*+2;;;;;;;/p-4. The molecular formula is H10Cu2O13S2. The van der Waals surface area contributed by atoms with Crippen LogP contribution < -0.4 is 0 Å². The average molecular weight is 409 g/mol. The molecule has 0 fully saturated rings. The van der Waals surface area contributed by atoms with Crippen LogP contribution in [-0.4, -0.2) is 62.4 Å². The topological polar surface area (TPSA) is 318 Å². The summed E-state index contributed by atoms with van der Waals surface area (Å²) in [5.41, 5.74) is 0. The predicted octanol–water partition coefficient (Wildman–Crippen LogP) is -6.80. The summed E-state index contributed by atoms with van der Waals surface area (Å²) in [7, 11) is -10.3. The van der Waals surface area contributed by atoms with Gasteiger partial charge in [0.15, 0.2) is 0 Å². The Kier molecular flexibility index (Phi) is 98.2. The molecular weight excluding hydrogens is 399 g/mol. The second kappa shape index (κ2) is 25.4. The zero-order valence-corrected chi connectivity index (χ0v) is 10.7. The zero-order chi connectivity index (χ0) is 9.00. The molecule has 0 saturated heterocycles. The molecule has 122 valence electrons. The first kappa shape index (κ1) is 65.7. The van der Waals surface area contributed by atoms with Crippen molar-refractivity contribution in [2.75, 3.05) is 0 Å². The SMILES string of the molecule is O.O.O.O.O.O=S(=O)([O-])[O-].O=S(=O)([O-])[O-].[Cu+2].[Cu+2]. The summed E-state index contributed by atoms with van der Waals surface area (Å²) in [6.45, 7) is 0. The van der Waals surface area contributed by atoms with E-state index in [1.165, 1.54) is 0 Å². The smallest absolute Gasteiger partial charge is 0.759 e. The average Bonchev–Trinajstić information content (AvgIpc) is 1.12. The molecule has 0 saturated carbocycles. The minimum atomic E-state index is -5.17. The molecule has 0 aliphatic carbocycles. The fraction of sp³-hybridized carbons (Fsp3) is 0. The molecule has 17 heteroatoms. The van der Waals surface area contributed by atoms with Gasteiger partial charge < -0.3 is 45.6 Å². The van der Waals surface area contributed by atoms with Crippen molar-refractivity contribution in [3.05, 3.63) is 0 Å². The van der Waals surface area contributed by atoms with Gasteiger partial charge in [0.2, 0.25) is 0 Å². The number of hydrogen-bond acceptors (Lipinski definition) is 8. The van der Waals surface area contributed by atoms with Gasteiger partial charge in [-0.1, -0.05) is 0 Å². The Balaban J connectivity index is -0.00000000762. The quantitative estimate of drug-likeness (QED) is 0.209. The predicted molar refractivity (Wildman–Crippen MR) is 39.0 cm³/mol. The first-order valence-electron chi connectivity index (χ1n) is 1.33. The van der Waals surface area contributed by atoms with Gasteiger partial charge in [0.25, 0.3) is 0 Å². The van der Waals surface area contributed by atoms with E-state index in [4.69, 9.17) is 35.0 Å². The van der Waals surface area contributed by atoms with Gasteiger partial charge in [-0.2, -0.15) is 0 Å². The molecule has 13 nitrogen and oxygen atoms in total. The van der Waals surface area contributed by atoms with Crippen LogP contribution in [-0.2, 0) is 54.9 Å². The summed E-state index contributed by atoms with van der Waals surface area (Å²) in [6.07, 6.45) is 0. The van der Waals surface area contributed by atoms with Gasteiger partial charge in [-0.3, -0.25) is 16.8 Å². The van der Waals surface area contributed by atoms with Crippen molar-refractivity contribution in [3.63, 3.8) is 0 Å². The Bertz CT molecular complexity index is 214. The summed E-state index contributed by atoms with van der Waals surface area (Å²) in [4.78, 5) is 0. The van der Waals surface area contributed by atoms with E-state index in [0.717, 1.165) is 0 Å². The van der Waals surface area contributed by atoms with Crippen molar-refractivity contribution in [2.24, 2.45) is 0 Å². The van der Waals surface area contributed by atoms with Crippen molar-refractivity contribution in [1.29, 1.82) is 0 Å². The third kappa shape index (κ3) is 10500. The molecule has 0 bridgehead atoms. The monoisotopic (exact) mass is 408 g/mol. The van der Waals surface area contributed by atoms with Crippen LogP contribution in [0.3, 0.4) is 0 Å². The first-order valence-corrected chi connectivity index (χ1v) is 4.00. The molecule has 0 heterocycles. The molecule has 0 aromatic rings. The van der Waals surface area contributed by atoms with Crippen molar-refractivity contribution < 1.29 is 96.6 Å². The number of rotatable bonds is 0. The number of hydrogen-bond donors (Lipinski definition) is 0. The van der Waals surface area contributed by atoms with E-state index in [9.17, 15) is 0 Å². The van der Waals surface area contributed by atoms with Gasteiger partial charge >= 0.3 is 34.1 Å². The van der Waals surface area contributed by atoms with E-state index in [1.807, 2.05) is 0 Å². The fourth-order valence-corrected chi connectivity index (χ4v) is 0. The third-order valence-electron chi connectivity index (χ3n) is 0. The molecule has 10 N–H and O–H groups in total. The van der Waals surface area contributed by atoms with Crippen LogP contribution in [0.25, 0.3) is 0 Å².